The van der Waals surface area contributed by atoms with Crippen LogP contribution in [0, 0.1) is 15.9 Å². The highest BCUT2D eigenvalue weighted by Crippen LogP contribution is 2.54. The maximum atomic E-state index is 13.5. The van der Waals surface area contributed by atoms with Crippen molar-refractivity contribution in [3.05, 3.63) is 75.6 Å². The number of benzene rings is 2. The predicted octanol–water partition coefficient (Wildman–Crippen LogP) is 2.85. The van der Waals surface area contributed by atoms with E-state index in [1.54, 1.807) is 30.3 Å². The largest absolute Gasteiger partial charge is 0.467 e. The van der Waals surface area contributed by atoms with Crippen LogP contribution in [-0.2, 0) is 25.4 Å². The summed E-state index contributed by atoms with van der Waals surface area (Å²) in [4.78, 5) is 44.1. The highest BCUT2D eigenvalue weighted by atomic mass is 31.2. The number of hydrogen-bond donors (Lipinski definition) is 3. The normalized spacial score (nSPS) is 14.4. The quantitative estimate of drug-likeness (QED) is 0.199. The molecule has 11 nitrogen and oxygen atoms in total. The second kappa shape index (κ2) is 11.5. The van der Waals surface area contributed by atoms with Gasteiger partial charge in [0.15, 0.2) is 5.85 Å². The van der Waals surface area contributed by atoms with E-state index in [0.29, 0.717) is 17.7 Å². The van der Waals surface area contributed by atoms with Crippen LogP contribution >= 0.6 is 7.37 Å². The standard InChI is InChI=1S/C20H22FN2O9P/c1-31-18(24)16(22-20(26)32-12-13-5-3-2-4-6-13)9-10-33(29,30)19(25)14-7-8-15(21)17(11-14)23(27)28/h2-8,11,16,19,25H,9-10,12H2,1H3,(H,22,26)(H,29,30)/t16-,19?/m0/s1. The Morgan fingerprint density at radius 3 is 2.52 bits per heavy atom. The summed E-state index contributed by atoms with van der Waals surface area (Å²) in [5.41, 5.74) is -0.626. The summed E-state index contributed by atoms with van der Waals surface area (Å²) in [7, 11) is -3.42. The molecule has 2 unspecified atom stereocenters. The molecule has 1 amide bonds. The van der Waals surface area contributed by atoms with Gasteiger partial charge in [-0.3, -0.25) is 14.7 Å². The predicted molar refractivity (Wildman–Crippen MR) is 113 cm³/mol. The molecule has 0 aliphatic rings. The molecule has 3 atom stereocenters. The van der Waals surface area contributed by atoms with Gasteiger partial charge < -0.3 is 24.8 Å². The molecule has 3 N–H and O–H groups in total. The van der Waals surface area contributed by atoms with Crippen LogP contribution in [0.4, 0.5) is 14.9 Å². The van der Waals surface area contributed by atoms with Crippen molar-refractivity contribution in [2.75, 3.05) is 13.3 Å². The third-order valence-electron chi connectivity index (χ3n) is 4.58. The van der Waals surface area contributed by atoms with Crippen LogP contribution in [0.15, 0.2) is 48.5 Å². The van der Waals surface area contributed by atoms with Crippen LogP contribution in [-0.4, -0.2) is 46.3 Å². The van der Waals surface area contributed by atoms with E-state index in [0.717, 1.165) is 13.2 Å². The number of alkyl carbamates (subject to hydrolysis) is 1. The van der Waals surface area contributed by atoms with Crippen molar-refractivity contribution in [1.82, 2.24) is 5.32 Å². The van der Waals surface area contributed by atoms with Gasteiger partial charge in [-0.15, -0.1) is 0 Å². The van der Waals surface area contributed by atoms with Gasteiger partial charge in [0.05, 0.1) is 12.0 Å². The number of aliphatic hydroxyl groups excluding tert-OH is 1. The van der Waals surface area contributed by atoms with Crippen LogP contribution in [0.2, 0.25) is 0 Å². The second-order valence-corrected chi connectivity index (χ2v) is 9.34. The van der Waals surface area contributed by atoms with Crippen molar-refractivity contribution in [1.29, 1.82) is 0 Å². The molecule has 0 fully saturated rings. The van der Waals surface area contributed by atoms with Crippen molar-refractivity contribution in [3.8, 4) is 0 Å². The summed E-state index contributed by atoms with van der Waals surface area (Å²) < 4.78 is 35.7. The molecule has 0 aromatic heterocycles. The number of ether oxygens (including phenoxy) is 2. The molecule has 0 saturated heterocycles. The lowest BCUT2D eigenvalue weighted by Gasteiger charge is -2.21. The van der Waals surface area contributed by atoms with Crippen molar-refractivity contribution in [3.63, 3.8) is 0 Å². The molecule has 2 rings (SSSR count). The van der Waals surface area contributed by atoms with Crippen LogP contribution in [0.5, 0.6) is 0 Å². The zero-order valence-corrected chi connectivity index (χ0v) is 18.3. The van der Waals surface area contributed by atoms with Gasteiger partial charge in [0, 0.05) is 12.2 Å². The first-order valence-electron chi connectivity index (χ1n) is 9.53. The fourth-order valence-electron chi connectivity index (χ4n) is 2.80. The van der Waals surface area contributed by atoms with E-state index in [2.05, 4.69) is 10.1 Å². The summed E-state index contributed by atoms with van der Waals surface area (Å²) in [6, 6.07) is 9.62. The summed E-state index contributed by atoms with van der Waals surface area (Å²) in [5, 5.41) is 23.4. The fraction of sp³-hybridized carbons (Fsp3) is 0.300. The molecule has 178 valence electrons. The minimum atomic E-state index is -4.47. The second-order valence-electron chi connectivity index (χ2n) is 6.89. The molecule has 0 spiro atoms. The average molecular weight is 484 g/mol. The molecule has 0 radical (unpaired) electrons. The van der Waals surface area contributed by atoms with Gasteiger partial charge in [-0.1, -0.05) is 36.4 Å². The minimum Gasteiger partial charge on any atom is -0.467 e. The SMILES string of the molecule is COC(=O)[C@H](CCP(=O)(O)C(O)c1ccc(F)c([N+](=O)[O-])c1)NC(=O)OCc1ccccc1. The smallest absolute Gasteiger partial charge is 0.408 e. The lowest BCUT2D eigenvalue weighted by atomic mass is 10.2. The number of hydrogen-bond acceptors (Lipinski definition) is 8. The molecule has 0 aliphatic heterocycles. The van der Waals surface area contributed by atoms with Gasteiger partial charge in [-0.05, 0) is 23.6 Å². The monoisotopic (exact) mass is 484 g/mol. The van der Waals surface area contributed by atoms with Gasteiger partial charge in [-0.2, -0.15) is 4.39 Å². The van der Waals surface area contributed by atoms with Crippen molar-refractivity contribution < 1.29 is 42.9 Å². The van der Waals surface area contributed by atoms with E-state index in [4.69, 9.17) is 4.74 Å². The molecule has 2 aromatic rings. The molecule has 2 aromatic carbocycles. The summed E-state index contributed by atoms with van der Waals surface area (Å²) >= 11 is 0. The number of halogens is 1. The zero-order valence-electron chi connectivity index (χ0n) is 17.4. The number of nitrogens with zero attached hydrogens (tertiary/aromatic N) is 1. The Hall–Kier alpha value is -3.34. The topological polar surface area (TPSA) is 165 Å². The molecule has 0 saturated carbocycles. The van der Waals surface area contributed by atoms with Gasteiger partial charge in [0.2, 0.25) is 13.2 Å². The Balaban J connectivity index is 2.04. The average Bonchev–Trinajstić information content (AvgIpc) is 2.80. The first kappa shape index (κ1) is 25.9. The highest BCUT2D eigenvalue weighted by molar-refractivity contribution is 7.58. The van der Waals surface area contributed by atoms with Crippen molar-refractivity contribution >= 4 is 25.1 Å². The third kappa shape index (κ3) is 7.35. The number of rotatable bonds is 10. The summed E-state index contributed by atoms with van der Waals surface area (Å²) in [6.07, 6.45) is -2.06. The maximum absolute atomic E-state index is 13.5. The van der Waals surface area contributed by atoms with Crippen LogP contribution in [0.25, 0.3) is 0 Å². The summed E-state index contributed by atoms with van der Waals surface area (Å²) in [6.45, 7) is -0.0822. The lowest BCUT2D eigenvalue weighted by molar-refractivity contribution is -0.387. The van der Waals surface area contributed by atoms with Crippen molar-refractivity contribution in [2.45, 2.75) is 24.9 Å². The van der Waals surface area contributed by atoms with E-state index < -0.39 is 60.3 Å². The number of amides is 1. The number of carbonyl (C=O) groups excluding carboxylic acids is 2. The van der Waals surface area contributed by atoms with Crippen LogP contribution in [0.3, 0.4) is 0 Å². The van der Waals surface area contributed by atoms with E-state index >= 15 is 0 Å². The number of aliphatic hydroxyl groups is 1. The molecule has 0 heterocycles. The Morgan fingerprint density at radius 2 is 1.91 bits per heavy atom. The number of carbonyl (C=O) groups is 2. The zero-order chi connectivity index (χ0) is 24.6. The number of nitro groups is 1. The number of esters is 1. The Bertz CT molecular complexity index is 1050. The van der Waals surface area contributed by atoms with Gasteiger partial charge >= 0.3 is 17.7 Å². The minimum absolute atomic E-state index is 0.0822. The summed E-state index contributed by atoms with van der Waals surface area (Å²) in [5.74, 6) is -4.17. The lowest BCUT2D eigenvalue weighted by Crippen LogP contribution is -2.42. The number of nitro benzene ring substituents is 1. The Kier molecular flexibility index (Phi) is 9.03. The number of methoxy groups -OCH3 is 1. The van der Waals surface area contributed by atoms with Crippen molar-refractivity contribution in [2.24, 2.45) is 0 Å². The molecule has 33 heavy (non-hydrogen) atoms. The highest BCUT2D eigenvalue weighted by Gasteiger charge is 2.34. The Labute approximate surface area is 187 Å². The first-order chi connectivity index (χ1) is 15.5. The number of nitrogens with one attached hydrogen (secondary N) is 1. The Morgan fingerprint density at radius 1 is 1.24 bits per heavy atom. The molecule has 13 heteroatoms. The molecule has 0 aliphatic carbocycles. The van der Waals surface area contributed by atoms with E-state index in [9.17, 15) is 38.7 Å². The molecular weight excluding hydrogens is 462 g/mol. The van der Waals surface area contributed by atoms with E-state index in [-0.39, 0.29) is 12.2 Å². The van der Waals surface area contributed by atoms with Gasteiger partial charge in [0.1, 0.15) is 12.6 Å². The van der Waals surface area contributed by atoms with Gasteiger partial charge in [0.25, 0.3) is 0 Å². The third-order valence-corrected chi connectivity index (χ3v) is 6.54. The molecule has 0 bridgehead atoms. The van der Waals surface area contributed by atoms with Crippen LogP contribution in [0.1, 0.15) is 23.4 Å². The molecular formula is C20H22FN2O9P. The maximum Gasteiger partial charge on any atom is 0.408 e. The van der Waals surface area contributed by atoms with E-state index in [1.165, 1.54) is 0 Å². The van der Waals surface area contributed by atoms with E-state index in [1.807, 2.05) is 0 Å². The fourth-order valence-corrected chi connectivity index (χ4v) is 4.30. The van der Waals surface area contributed by atoms with Gasteiger partial charge in [-0.25, -0.2) is 9.59 Å². The van der Waals surface area contributed by atoms with Crippen LogP contribution < -0.4 is 5.32 Å². The first-order valence-corrected chi connectivity index (χ1v) is 11.4.